The van der Waals surface area contributed by atoms with Gasteiger partial charge in [0.25, 0.3) is 0 Å². The Labute approximate surface area is 130 Å². The van der Waals surface area contributed by atoms with Crippen LogP contribution in [0.3, 0.4) is 0 Å². The first-order valence-corrected chi connectivity index (χ1v) is 7.68. The lowest BCUT2D eigenvalue weighted by atomic mass is 9.83. The number of hydrogen-bond donors (Lipinski definition) is 1. The highest BCUT2D eigenvalue weighted by Crippen LogP contribution is 2.36. The molecule has 0 aromatic heterocycles. The summed E-state index contributed by atoms with van der Waals surface area (Å²) in [4.78, 5) is 0. The van der Waals surface area contributed by atoms with E-state index in [-0.39, 0.29) is 6.10 Å². The van der Waals surface area contributed by atoms with Crippen molar-refractivity contribution >= 4 is 11.6 Å². The summed E-state index contributed by atoms with van der Waals surface area (Å²) in [6, 6.07) is 16.3. The van der Waals surface area contributed by atoms with Gasteiger partial charge in [-0.25, -0.2) is 0 Å². The fraction of sp³-hybridized carbons (Fsp3) is 0.333. The molecule has 0 amide bonds. The highest BCUT2D eigenvalue weighted by atomic mass is 35.5. The molecule has 110 valence electrons. The summed E-state index contributed by atoms with van der Waals surface area (Å²) in [5, 5.41) is 0.717. The van der Waals surface area contributed by atoms with Crippen LogP contribution >= 0.6 is 11.6 Å². The van der Waals surface area contributed by atoms with Gasteiger partial charge in [0.1, 0.15) is 0 Å². The molecule has 1 aliphatic rings. The molecule has 1 aliphatic heterocycles. The molecular weight excluding hydrogens is 282 g/mol. The molecule has 0 spiro atoms. The number of ether oxygens (including phenoxy) is 1. The molecule has 0 saturated heterocycles. The summed E-state index contributed by atoms with van der Waals surface area (Å²) < 4.78 is 5.98. The normalized spacial score (nSPS) is 20.6. The maximum atomic E-state index is 6.56. The second-order valence-electron chi connectivity index (χ2n) is 5.94. The van der Waals surface area contributed by atoms with Gasteiger partial charge in [-0.3, -0.25) is 0 Å². The van der Waals surface area contributed by atoms with Crippen molar-refractivity contribution < 1.29 is 4.74 Å². The fourth-order valence-electron chi connectivity index (χ4n) is 2.99. The van der Waals surface area contributed by atoms with Gasteiger partial charge < -0.3 is 10.5 Å². The lowest BCUT2D eigenvalue weighted by Crippen LogP contribution is -2.36. The zero-order valence-corrected chi connectivity index (χ0v) is 12.9. The number of fused-ring (bicyclic) bond motifs is 1. The summed E-state index contributed by atoms with van der Waals surface area (Å²) in [6.45, 7) is 2.80. The van der Waals surface area contributed by atoms with Crippen molar-refractivity contribution in [2.24, 2.45) is 5.73 Å². The quantitative estimate of drug-likeness (QED) is 0.921. The summed E-state index contributed by atoms with van der Waals surface area (Å²) in [7, 11) is 0. The minimum atomic E-state index is -0.472. The molecule has 0 radical (unpaired) electrons. The molecule has 2 nitrogen and oxygen atoms in total. The number of rotatable bonds is 3. The van der Waals surface area contributed by atoms with Crippen molar-refractivity contribution in [1.29, 1.82) is 0 Å². The molecule has 3 rings (SSSR count). The third kappa shape index (κ3) is 3.13. The van der Waals surface area contributed by atoms with Gasteiger partial charge in [-0.2, -0.15) is 0 Å². The van der Waals surface area contributed by atoms with Crippen LogP contribution in [0.5, 0.6) is 0 Å². The number of nitrogens with two attached hydrogens (primary N) is 1. The highest BCUT2D eigenvalue weighted by molar-refractivity contribution is 6.30. The molecular formula is C18H20ClNO. The fourth-order valence-corrected chi connectivity index (χ4v) is 3.18. The average molecular weight is 302 g/mol. The van der Waals surface area contributed by atoms with E-state index < -0.39 is 5.54 Å². The zero-order valence-electron chi connectivity index (χ0n) is 12.2. The Morgan fingerprint density at radius 1 is 1.24 bits per heavy atom. The van der Waals surface area contributed by atoms with E-state index in [1.807, 2.05) is 31.2 Å². The Kier molecular flexibility index (Phi) is 4.03. The molecule has 2 aromatic rings. The van der Waals surface area contributed by atoms with Crippen LogP contribution in [0, 0.1) is 0 Å². The van der Waals surface area contributed by atoms with Crippen LogP contribution in [0.4, 0.5) is 0 Å². The molecule has 2 aromatic carbocycles. The van der Waals surface area contributed by atoms with Crippen LogP contribution in [0.1, 0.15) is 36.1 Å². The van der Waals surface area contributed by atoms with Gasteiger partial charge >= 0.3 is 0 Å². The second kappa shape index (κ2) is 5.80. The van der Waals surface area contributed by atoms with Gasteiger partial charge in [0.2, 0.25) is 0 Å². The molecule has 2 unspecified atom stereocenters. The van der Waals surface area contributed by atoms with E-state index >= 15 is 0 Å². The van der Waals surface area contributed by atoms with Crippen LogP contribution in [-0.4, -0.2) is 6.61 Å². The highest BCUT2D eigenvalue weighted by Gasteiger charge is 2.30. The number of benzene rings is 2. The van der Waals surface area contributed by atoms with Crippen molar-refractivity contribution in [3.8, 4) is 0 Å². The smallest absolute Gasteiger partial charge is 0.0848 e. The Balaban J connectivity index is 1.86. The van der Waals surface area contributed by atoms with E-state index in [0.717, 1.165) is 25.0 Å². The van der Waals surface area contributed by atoms with E-state index in [2.05, 4.69) is 24.3 Å². The van der Waals surface area contributed by atoms with Gasteiger partial charge in [-0.05, 0) is 48.6 Å². The molecule has 0 saturated carbocycles. The van der Waals surface area contributed by atoms with Crippen molar-refractivity contribution in [2.45, 2.75) is 31.4 Å². The van der Waals surface area contributed by atoms with E-state index in [9.17, 15) is 0 Å². The topological polar surface area (TPSA) is 35.2 Å². The third-order valence-electron chi connectivity index (χ3n) is 4.19. The number of hydrogen-bond acceptors (Lipinski definition) is 2. The molecule has 0 bridgehead atoms. The Morgan fingerprint density at radius 2 is 2.05 bits per heavy atom. The van der Waals surface area contributed by atoms with Gasteiger partial charge in [0, 0.05) is 10.6 Å². The van der Waals surface area contributed by atoms with Crippen LogP contribution in [0.25, 0.3) is 0 Å². The van der Waals surface area contributed by atoms with Crippen molar-refractivity contribution in [3.63, 3.8) is 0 Å². The monoisotopic (exact) mass is 301 g/mol. The van der Waals surface area contributed by atoms with Crippen LogP contribution in [0.15, 0.2) is 48.5 Å². The van der Waals surface area contributed by atoms with E-state index in [1.165, 1.54) is 11.1 Å². The summed E-state index contributed by atoms with van der Waals surface area (Å²) in [5.41, 5.74) is 9.76. The SMILES string of the molecule is CC(N)(CC1OCCc2ccccc21)c1cccc(Cl)c1. The molecule has 3 heteroatoms. The second-order valence-corrected chi connectivity index (χ2v) is 6.38. The first kappa shape index (κ1) is 14.6. The first-order chi connectivity index (χ1) is 10.1. The van der Waals surface area contributed by atoms with Crippen molar-refractivity contribution in [1.82, 2.24) is 0 Å². The average Bonchev–Trinajstić information content (AvgIpc) is 2.47. The maximum absolute atomic E-state index is 6.56. The Bertz CT molecular complexity index is 639. The van der Waals surface area contributed by atoms with E-state index in [4.69, 9.17) is 22.1 Å². The predicted octanol–water partition coefficient (Wildman–Crippen LogP) is 4.22. The number of halogens is 1. The molecule has 0 aliphatic carbocycles. The van der Waals surface area contributed by atoms with Crippen LogP contribution in [-0.2, 0) is 16.7 Å². The zero-order chi connectivity index (χ0) is 14.9. The summed E-state index contributed by atoms with van der Waals surface area (Å²) in [6.07, 6.45) is 1.76. The lowest BCUT2D eigenvalue weighted by molar-refractivity contribution is 0.0222. The van der Waals surface area contributed by atoms with Crippen LogP contribution in [0.2, 0.25) is 5.02 Å². The summed E-state index contributed by atoms with van der Waals surface area (Å²) >= 11 is 6.09. The molecule has 2 N–H and O–H groups in total. The van der Waals surface area contributed by atoms with Gasteiger partial charge in [0.05, 0.1) is 12.7 Å². The largest absolute Gasteiger partial charge is 0.373 e. The molecule has 21 heavy (non-hydrogen) atoms. The lowest BCUT2D eigenvalue weighted by Gasteiger charge is -2.33. The van der Waals surface area contributed by atoms with Gasteiger partial charge in [-0.1, -0.05) is 48.0 Å². The minimum Gasteiger partial charge on any atom is -0.373 e. The summed E-state index contributed by atoms with van der Waals surface area (Å²) in [5.74, 6) is 0. The van der Waals surface area contributed by atoms with Gasteiger partial charge in [0.15, 0.2) is 0 Å². The standard InChI is InChI=1S/C18H20ClNO/c1-18(20,14-6-4-7-15(19)11-14)12-17-16-8-3-2-5-13(16)9-10-21-17/h2-8,11,17H,9-10,12,20H2,1H3. The third-order valence-corrected chi connectivity index (χ3v) is 4.42. The van der Waals surface area contributed by atoms with Crippen LogP contribution < -0.4 is 5.73 Å². The molecule has 1 heterocycles. The Morgan fingerprint density at radius 3 is 2.86 bits per heavy atom. The van der Waals surface area contributed by atoms with Crippen molar-refractivity contribution in [2.75, 3.05) is 6.61 Å². The van der Waals surface area contributed by atoms with E-state index in [1.54, 1.807) is 0 Å². The predicted molar refractivity (Wildman–Crippen MR) is 86.4 cm³/mol. The maximum Gasteiger partial charge on any atom is 0.0848 e. The minimum absolute atomic E-state index is 0.0453. The molecule has 0 fully saturated rings. The van der Waals surface area contributed by atoms with E-state index in [0.29, 0.717) is 5.02 Å². The van der Waals surface area contributed by atoms with Crippen molar-refractivity contribution in [3.05, 3.63) is 70.2 Å². The Hall–Kier alpha value is -1.35. The van der Waals surface area contributed by atoms with Gasteiger partial charge in [-0.15, -0.1) is 0 Å². The first-order valence-electron chi connectivity index (χ1n) is 7.30. The molecule has 2 atom stereocenters.